The smallest absolute Gasteiger partial charge is 0.175 e. The van der Waals surface area contributed by atoms with Crippen molar-refractivity contribution in [1.29, 1.82) is 0 Å². The van der Waals surface area contributed by atoms with Crippen LogP contribution in [-0.2, 0) is 0 Å². The Morgan fingerprint density at radius 3 is 2.05 bits per heavy atom. The molecule has 2 rings (SSSR count). The van der Waals surface area contributed by atoms with Gasteiger partial charge < -0.3 is 10.6 Å². The Bertz CT molecular complexity index is 661. The van der Waals surface area contributed by atoms with E-state index in [2.05, 4.69) is 10.6 Å². The lowest BCUT2D eigenvalue weighted by Gasteiger charge is -2.13. The van der Waals surface area contributed by atoms with Crippen LogP contribution in [0.5, 0.6) is 0 Å². The third-order valence-electron chi connectivity index (χ3n) is 2.36. The van der Waals surface area contributed by atoms with Gasteiger partial charge in [-0.1, -0.05) is 46.4 Å². The van der Waals surface area contributed by atoms with E-state index in [0.29, 0.717) is 36.6 Å². The van der Waals surface area contributed by atoms with E-state index in [9.17, 15) is 0 Å². The van der Waals surface area contributed by atoms with Crippen molar-refractivity contribution in [3.8, 4) is 0 Å². The zero-order valence-corrected chi connectivity index (χ0v) is 13.7. The highest BCUT2D eigenvalue weighted by Crippen LogP contribution is 2.27. The van der Waals surface area contributed by atoms with Crippen LogP contribution in [0.4, 0.5) is 11.4 Å². The second-order valence-electron chi connectivity index (χ2n) is 3.83. The molecule has 0 heterocycles. The first-order valence-electron chi connectivity index (χ1n) is 5.44. The van der Waals surface area contributed by atoms with Crippen molar-refractivity contribution in [2.45, 2.75) is 0 Å². The average Bonchev–Trinajstić information content (AvgIpc) is 2.37. The molecule has 2 aromatic rings. The van der Waals surface area contributed by atoms with E-state index in [0.717, 1.165) is 0 Å². The first kappa shape index (κ1) is 15.7. The SMILES string of the molecule is S=C(Nc1ccc(Cl)cc1Cl)Nc1cc(Cl)ccc1Cl. The van der Waals surface area contributed by atoms with Gasteiger partial charge in [0, 0.05) is 10.0 Å². The molecular formula is C13H8Cl4N2S. The van der Waals surface area contributed by atoms with Gasteiger partial charge in [-0.25, -0.2) is 0 Å². The van der Waals surface area contributed by atoms with E-state index in [4.69, 9.17) is 58.6 Å². The minimum atomic E-state index is 0.346. The Kier molecular flexibility index (Phi) is 5.35. The van der Waals surface area contributed by atoms with Gasteiger partial charge in [0.2, 0.25) is 0 Å². The monoisotopic (exact) mass is 364 g/mol. The van der Waals surface area contributed by atoms with E-state index in [-0.39, 0.29) is 0 Å². The van der Waals surface area contributed by atoms with E-state index in [1.54, 1.807) is 36.4 Å². The van der Waals surface area contributed by atoms with Gasteiger partial charge in [-0.05, 0) is 48.6 Å². The van der Waals surface area contributed by atoms with Crippen molar-refractivity contribution < 1.29 is 0 Å². The van der Waals surface area contributed by atoms with Gasteiger partial charge in [0.1, 0.15) is 0 Å². The molecule has 20 heavy (non-hydrogen) atoms. The normalized spacial score (nSPS) is 10.2. The minimum absolute atomic E-state index is 0.346. The first-order chi connectivity index (χ1) is 9.45. The molecule has 0 unspecified atom stereocenters. The maximum absolute atomic E-state index is 6.05. The highest BCUT2D eigenvalue weighted by Gasteiger charge is 2.06. The molecule has 0 aliphatic rings. The molecule has 2 nitrogen and oxygen atoms in total. The number of hydrogen-bond acceptors (Lipinski definition) is 1. The van der Waals surface area contributed by atoms with Crippen molar-refractivity contribution in [2.75, 3.05) is 10.6 Å². The van der Waals surface area contributed by atoms with Crippen LogP contribution in [0.2, 0.25) is 20.1 Å². The standard InChI is InChI=1S/C13H8Cl4N2S/c14-7-2-4-11(10(17)5-7)18-13(20)19-12-6-8(15)1-3-9(12)16/h1-6H,(H2,18,19,20). The second kappa shape index (κ2) is 6.83. The molecule has 0 radical (unpaired) electrons. The zero-order valence-electron chi connectivity index (χ0n) is 9.88. The van der Waals surface area contributed by atoms with Crippen LogP contribution in [0.15, 0.2) is 36.4 Å². The fourth-order valence-electron chi connectivity index (χ4n) is 1.46. The summed E-state index contributed by atoms with van der Waals surface area (Å²) in [5.41, 5.74) is 1.26. The van der Waals surface area contributed by atoms with Crippen LogP contribution in [0.25, 0.3) is 0 Å². The number of hydrogen-bond donors (Lipinski definition) is 2. The Balaban J connectivity index is 2.11. The summed E-state index contributed by atoms with van der Waals surface area (Å²) >= 11 is 29.0. The van der Waals surface area contributed by atoms with Gasteiger partial charge >= 0.3 is 0 Å². The summed E-state index contributed by atoms with van der Waals surface area (Å²) in [6, 6.07) is 10.1. The van der Waals surface area contributed by atoms with Crippen molar-refractivity contribution >= 4 is 75.1 Å². The molecule has 0 aromatic heterocycles. The molecule has 0 atom stereocenters. The van der Waals surface area contributed by atoms with Crippen molar-refractivity contribution in [2.24, 2.45) is 0 Å². The number of anilines is 2. The summed E-state index contributed by atoms with van der Waals surface area (Å²) in [6.45, 7) is 0. The Labute approximate surface area is 142 Å². The molecule has 0 aliphatic carbocycles. The lowest BCUT2D eigenvalue weighted by molar-refractivity contribution is 1.59. The predicted octanol–water partition coefficient (Wildman–Crippen LogP) is 6.11. The van der Waals surface area contributed by atoms with Gasteiger partial charge in [-0.15, -0.1) is 0 Å². The topological polar surface area (TPSA) is 24.1 Å². The molecule has 0 amide bonds. The molecule has 2 N–H and O–H groups in total. The van der Waals surface area contributed by atoms with Gasteiger partial charge in [0.25, 0.3) is 0 Å². The van der Waals surface area contributed by atoms with E-state index in [1.807, 2.05) is 0 Å². The summed E-state index contributed by atoms with van der Waals surface area (Å²) in [6.07, 6.45) is 0. The number of benzene rings is 2. The summed E-state index contributed by atoms with van der Waals surface area (Å²) in [5, 5.41) is 8.36. The quantitative estimate of drug-likeness (QED) is 0.628. The molecule has 0 aliphatic heterocycles. The van der Waals surface area contributed by atoms with E-state index >= 15 is 0 Å². The molecule has 7 heteroatoms. The van der Waals surface area contributed by atoms with Crippen LogP contribution >= 0.6 is 58.6 Å². The second-order valence-corrected chi connectivity index (χ2v) is 5.92. The zero-order chi connectivity index (χ0) is 14.7. The molecule has 0 fully saturated rings. The minimum Gasteiger partial charge on any atom is -0.331 e. The van der Waals surface area contributed by atoms with Crippen molar-refractivity contribution in [1.82, 2.24) is 0 Å². The Morgan fingerprint density at radius 2 is 1.35 bits per heavy atom. The highest BCUT2D eigenvalue weighted by molar-refractivity contribution is 7.80. The fourth-order valence-corrected chi connectivity index (χ4v) is 2.47. The van der Waals surface area contributed by atoms with Gasteiger partial charge in [-0.2, -0.15) is 0 Å². The van der Waals surface area contributed by atoms with E-state index < -0.39 is 0 Å². The summed E-state index contributed by atoms with van der Waals surface area (Å²) in [7, 11) is 0. The maximum Gasteiger partial charge on any atom is 0.175 e. The molecule has 104 valence electrons. The van der Waals surface area contributed by atoms with Crippen LogP contribution in [0, 0.1) is 0 Å². The number of halogens is 4. The third kappa shape index (κ3) is 4.14. The van der Waals surface area contributed by atoms with Crippen LogP contribution in [0.1, 0.15) is 0 Å². The van der Waals surface area contributed by atoms with Crippen LogP contribution in [-0.4, -0.2) is 5.11 Å². The molecular weight excluding hydrogens is 358 g/mol. The van der Waals surface area contributed by atoms with E-state index in [1.165, 1.54) is 0 Å². The molecule has 0 bridgehead atoms. The van der Waals surface area contributed by atoms with Crippen molar-refractivity contribution in [3.63, 3.8) is 0 Å². The molecule has 2 aromatic carbocycles. The predicted molar refractivity (Wildman–Crippen MR) is 92.8 cm³/mol. The third-order valence-corrected chi connectivity index (χ3v) is 3.67. The van der Waals surface area contributed by atoms with Gasteiger partial charge in [0.15, 0.2) is 5.11 Å². The van der Waals surface area contributed by atoms with Crippen LogP contribution < -0.4 is 10.6 Å². The number of thiocarbonyl (C=S) groups is 1. The number of rotatable bonds is 2. The largest absolute Gasteiger partial charge is 0.331 e. The lowest BCUT2D eigenvalue weighted by atomic mass is 10.3. The maximum atomic E-state index is 6.05. The van der Waals surface area contributed by atoms with Crippen LogP contribution in [0.3, 0.4) is 0 Å². The van der Waals surface area contributed by atoms with Gasteiger partial charge in [0.05, 0.1) is 21.4 Å². The van der Waals surface area contributed by atoms with Gasteiger partial charge in [-0.3, -0.25) is 0 Å². The average molecular weight is 366 g/mol. The lowest BCUT2D eigenvalue weighted by Crippen LogP contribution is -2.19. The Hall–Kier alpha value is -0.710. The number of nitrogens with one attached hydrogen (secondary N) is 2. The first-order valence-corrected chi connectivity index (χ1v) is 7.36. The fraction of sp³-hybridized carbons (Fsp3) is 0. The van der Waals surface area contributed by atoms with Crippen molar-refractivity contribution in [3.05, 3.63) is 56.5 Å². The summed E-state index contributed by atoms with van der Waals surface area (Å²) in [4.78, 5) is 0. The Morgan fingerprint density at radius 1 is 0.750 bits per heavy atom. The molecule has 0 saturated carbocycles. The highest BCUT2D eigenvalue weighted by atomic mass is 35.5. The summed E-state index contributed by atoms with van der Waals surface area (Å²) < 4.78 is 0. The summed E-state index contributed by atoms with van der Waals surface area (Å²) in [5.74, 6) is 0. The molecule has 0 saturated heterocycles. The molecule has 0 spiro atoms.